The molecule has 0 atom stereocenters. The molecule has 10 heterocycles. The third-order valence-corrected chi connectivity index (χ3v) is 28.0. The fourth-order valence-electron chi connectivity index (χ4n) is 17.5. The molecule has 13 aromatic carbocycles. The predicted octanol–water partition coefficient (Wildman–Crippen LogP) is 27.7. The fraction of sp³-hybridized carbons (Fsp3) is 0.162. The molecule has 0 saturated carbocycles. The molecule has 0 N–H and O–H groups in total. The van der Waals surface area contributed by atoms with Crippen LogP contribution in [0.2, 0.25) is 0 Å². The van der Waals surface area contributed by atoms with Gasteiger partial charge in [0, 0.05) is 112 Å². The third-order valence-electron chi connectivity index (χ3n) is 23.4. The number of aryl methyl sites for hydroxylation is 12. The molecule has 0 unspecified atom stereocenters. The zero-order valence-corrected chi connectivity index (χ0v) is 95.7. The molecule has 20 nitrogen and oxygen atoms in total. The summed E-state index contributed by atoms with van der Waals surface area (Å²) in [5, 5.41) is 28.0. The Morgan fingerprint density at radius 1 is 0.241 bits per heavy atom. The standard InChI is InChI=1S/C28H19N4S.C24H19N4S.C22H23N4S.C19H17N4S.C18H15N4S.5Ir/c1-19-31-25-16-15-22(17-26(25)33-19)28-29-18-30-32(28)27-23(20-9-4-2-5-10-20)13-8-14-24(27)21-11-6-3-7-12-21;1-15-11-20(18-7-5-4-6-8-18)12-16(2)23(15)28-24(25-14-26-28)19-9-10-21-22(13-19)29-17(3)27-21;1-13(2)17-7-6-8-18(14(3)4)21(17)26-22(23-12-24-26)16-9-10-19-20(11-16)27-15(5)25-19;1-11-7-12(2)18(13(3)8-11)23-19(20-10-21-23)15-5-6-16-17(9-15)24-14(4)22-16;1-11-5-4-6-12(2)17(11)22-18(19-10-20-22)14-7-8-15-16(9-14)23-13(3)21-15;;;;;/h2-14,16-18H,1H3;4-8,10-14H,1-3H3;6-8,10-14H,1-5H3;6-10H,1-4H3;4-6,8-10H,1-3H3;;;;;/q5*-1;;;;;. The van der Waals surface area contributed by atoms with Gasteiger partial charge in [0.05, 0.1) is 82.6 Å². The molecule has 0 fully saturated rings. The van der Waals surface area contributed by atoms with Crippen LogP contribution in [-0.4, -0.2) is 98.7 Å². The molecule has 23 aromatic rings. The minimum atomic E-state index is 0. The molecule has 0 aliphatic carbocycles. The van der Waals surface area contributed by atoms with Gasteiger partial charge in [-0.1, -0.05) is 191 Å². The molecular formula is C111H93Ir5N20S5-5. The van der Waals surface area contributed by atoms with Crippen LogP contribution in [0.1, 0.15) is 115 Å². The van der Waals surface area contributed by atoms with E-state index in [4.69, 9.17) is 5.10 Å². The normalized spacial score (nSPS) is 11.0. The van der Waals surface area contributed by atoms with Gasteiger partial charge < -0.3 is 0 Å². The SMILES string of the molecule is Cc1cc(C)c(-n2ncnc2-c2[c-]cc3nc(C)sc3c2)c(C)c1.Cc1nc2c[c-]c(-c3ncnn3-c3c(-c4ccccc4)cccc3-c3ccccc3)cc2s1.Cc1nc2c[c-]c(-c3ncnn3-c3c(C(C)C)cccc3C(C)C)cc2s1.Cc1nc2c[c-]c(-c3ncnn3-c3c(C)cc(-c4ccccc4)cc3C)cc2s1.Cc1nc2c[c-]c(-c3ncnn3-c3c(C)cccc3C)cc2s1.[Ir].[Ir].[Ir].[Ir].[Ir]. The molecule has 0 amide bonds. The molecule has 717 valence electrons. The van der Waals surface area contributed by atoms with Crippen molar-refractivity contribution in [3.05, 3.63) is 368 Å². The first-order valence-corrected chi connectivity index (χ1v) is 48.7. The minimum absolute atomic E-state index is 0. The number of para-hydroxylation sites is 3. The van der Waals surface area contributed by atoms with E-state index >= 15 is 0 Å². The van der Waals surface area contributed by atoms with Crippen LogP contribution in [0.3, 0.4) is 0 Å². The van der Waals surface area contributed by atoms with Gasteiger partial charge in [-0.15, -0.1) is 175 Å². The maximum atomic E-state index is 4.69. The van der Waals surface area contributed by atoms with E-state index in [1.54, 1.807) is 88.3 Å². The van der Waals surface area contributed by atoms with Gasteiger partial charge >= 0.3 is 0 Å². The van der Waals surface area contributed by atoms with Crippen molar-refractivity contribution in [3.8, 4) is 119 Å². The number of rotatable bonds is 15. The van der Waals surface area contributed by atoms with Gasteiger partial charge in [-0.05, 0) is 225 Å². The van der Waals surface area contributed by atoms with Crippen molar-refractivity contribution in [2.24, 2.45) is 0 Å². The van der Waals surface area contributed by atoms with Crippen molar-refractivity contribution in [3.63, 3.8) is 0 Å². The Bertz CT molecular complexity index is 8180. The Morgan fingerprint density at radius 3 is 0.780 bits per heavy atom. The summed E-state index contributed by atoms with van der Waals surface area (Å²) < 4.78 is 15.4. The van der Waals surface area contributed by atoms with E-state index in [0.717, 1.165) is 195 Å². The van der Waals surface area contributed by atoms with E-state index in [-0.39, 0.29) is 101 Å². The molecular weight excluding hydrogens is 2730 g/mol. The molecule has 0 spiro atoms. The number of benzene rings is 13. The van der Waals surface area contributed by atoms with Gasteiger partial charge in [0.2, 0.25) is 0 Å². The van der Waals surface area contributed by atoms with Crippen LogP contribution in [0.5, 0.6) is 0 Å². The molecule has 5 radical (unpaired) electrons. The smallest absolute Gasteiger partial charge is 0.127 e. The molecule has 30 heteroatoms. The van der Waals surface area contributed by atoms with Crippen molar-refractivity contribution in [2.75, 3.05) is 0 Å². The summed E-state index contributed by atoms with van der Waals surface area (Å²) >= 11 is 8.42. The van der Waals surface area contributed by atoms with E-state index < -0.39 is 0 Å². The predicted molar refractivity (Wildman–Crippen MR) is 555 cm³/mol. The summed E-state index contributed by atoms with van der Waals surface area (Å²) in [6, 6.07) is 96.0. The molecule has 0 saturated heterocycles. The van der Waals surface area contributed by atoms with E-state index in [1.165, 1.54) is 50.1 Å². The Hall–Kier alpha value is -11.7. The number of nitrogens with zero attached hydrogens (tertiary/aromatic N) is 20. The van der Waals surface area contributed by atoms with Crippen LogP contribution < -0.4 is 0 Å². The van der Waals surface area contributed by atoms with Crippen LogP contribution >= 0.6 is 56.7 Å². The Balaban J connectivity index is 0.000000140. The quantitative estimate of drug-likeness (QED) is 0.0872. The maximum absolute atomic E-state index is 4.69. The van der Waals surface area contributed by atoms with Gasteiger partial charge in [-0.2, -0.15) is 25.5 Å². The topological polar surface area (TPSA) is 218 Å². The van der Waals surface area contributed by atoms with E-state index in [2.05, 4.69) is 359 Å². The Kier molecular flexibility index (Phi) is 34.4. The van der Waals surface area contributed by atoms with Crippen molar-refractivity contribution < 1.29 is 101 Å². The number of hydrogen-bond acceptors (Lipinski definition) is 20. The first-order chi connectivity index (χ1) is 66.0. The van der Waals surface area contributed by atoms with Gasteiger partial charge in [0.25, 0.3) is 0 Å². The van der Waals surface area contributed by atoms with Crippen LogP contribution in [0.4, 0.5) is 0 Å². The van der Waals surface area contributed by atoms with Crippen molar-refractivity contribution in [1.29, 1.82) is 0 Å². The molecule has 0 aliphatic heterocycles. The number of hydrogen-bond donors (Lipinski definition) is 0. The number of aromatic nitrogens is 20. The summed E-state index contributed by atoms with van der Waals surface area (Å²) in [5.74, 6) is 4.75. The number of fused-ring (bicyclic) bond motifs is 5. The van der Waals surface area contributed by atoms with Gasteiger partial charge in [-0.3, -0.25) is 73.2 Å². The zero-order chi connectivity index (χ0) is 94.1. The van der Waals surface area contributed by atoms with Crippen LogP contribution in [0, 0.1) is 113 Å². The van der Waals surface area contributed by atoms with Crippen LogP contribution in [0.15, 0.2) is 262 Å². The number of thiazole rings is 5. The van der Waals surface area contributed by atoms with Crippen molar-refractivity contribution >= 4 is 108 Å². The molecule has 23 rings (SSSR count). The van der Waals surface area contributed by atoms with Gasteiger partial charge in [0.15, 0.2) is 0 Å². The molecule has 0 bridgehead atoms. The second-order valence-corrected chi connectivity index (χ2v) is 40.1. The summed E-state index contributed by atoms with van der Waals surface area (Å²) in [6.07, 6.45) is 8.05. The summed E-state index contributed by atoms with van der Waals surface area (Å²) in [5.41, 5.74) is 32.6. The average Bonchev–Trinajstić information content (AvgIpc) is 1.69. The first kappa shape index (κ1) is 105. The fourth-order valence-corrected chi connectivity index (χ4v) is 21.7. The monoisotopic (exact) mass is 2830 g/mol. The van der Waals surface area contributed by atoms with Crippen LogP contribution in [-0.2, 0) is 101 Å². The molecule has 10 aromatic heterocycles. The van der Waals surface area contributed by atoms with Gasteiger partial charge in [-0.25, -0.2) is 0 Å². The third kappa shape index (κ3) is 22.5. The second-order valence-electron chi connectivity index (χ2n) is 34.0. The van der Waals surface area contributed by atoms with E-state index in [0.29, 0.717) is 11.8 Å². The summed E-state index contributed by atoms with van der Waals surface area (Å²) in [6.45, 7) is 33.8. The largest absolute Gasteiger partial charge is 0.290 e. The summed E-state index contributed by atoms with van der Waals surface area (Å²) in [4.78, 5) is 45.3. The Morgan fingerprint density at radius 2 is 0.489 bits per heavy atom. The van der Waals surface area contributed by atoms with Crippen LogP contribution in [0.25, 0.3) is 170 Å². The minimum Gasteiger partial charge on any atom is -0.290 e. The molecule has 141 heavy (non-hydrogen) atoms. The van der Waals surface area contributed by atoms with Crippen molar-refractivity contribution in [2.45, 2.75) is 123 Å². The second kappa shape index (κ2) is 46.1. The van der Waals surface area contributed by atoms with Crippen molar-refractivity contribution in [1.82, 2.24) is 98.7 Å². The maximum Gasteiger partial charge on any atom is 0.127 e. The van der Waals surface area contributed by atoms with E-state index in [9.17, 15) is 0 Å². The average molecular weight is 2830 g/mol. The first-order valence-electron chi connectivity index (χ1n) is 44.6. The Labute approximate surface area is 906 Å². The van der Waals surface area contributed by atoms with E-state index in [1.807, 2.05) is 107 Å². The summed E-state index contributed by atoms with van der Waals surface area (Å²) in [7, 11) is 0. The van der Waals surface area contributed by atoms with Gasteiger partial charge in [0.1, 0.15) is 31.6 Å². The zero-order valence-electron chi connectivity index (χ0n) is 79.6. The molecule has 0 aliphatic rings.